The van der Waals surface area contributed by atoms with Gasteiger partial charge in [0.25, 0.3) is 0 Å². The van der Waals surface area contributed by atoms with E-state index in [1.54, 1.807) is 52.2 Å². The van der Waals surface area contributed by atoms with Crippen LogP contribution in [0.3, 0.4) is 0 Å². The minimum atomic E-state index is -1.52. The summed E-state index contributed by atoms with van der Waals surface area (Å²) in [6.45, 7) is 14.2. The van der Waals surface area contributed by atoms with E-state index in [2.05, 4.69) is 60.6 Å². The average Bonchev–Trinajstić information content (AvgIpc) is 4.05. The number of aromatic nitrogens is 2. The molecule has 65 heavy (non-hydrogen) atoms. The minimum absolute atomic E-state index is 0.0747. The summed E-state index contributed by atoms with van der Waals surface area (Å²) >= 11 is 0. The molecule has 6 amide bonds. The second kappa shape index (κ2) is 19.1. The van der Waals surface area contributed by atoms with Crippen molar-refractivity contribution in [1.29, 1.82) is 0 Å². The van der Waals surface area contributed by atoms with Gasteiger partial charge in [0.1, 0.15) is 12.1 Å². The molecule has 3 saturated heterocycles. The zero-order valence-electron chi connectivity index (χ0n) is 39.1. The fourth-order valence-electron chi connectivity index (χ4n) is 9.92. The third kappa shape index (κ3) is 9.06. The molecule has 3 aliphatic rings. The molecule has 0 unspecified atom stereocenters. The SMILES string of the molecule is COC(=O)N[C@H](C(=O)N1CCC[C@@]1(C(N)=O)c1ccc([C@H]2CC[C@H](c3ccc([C@]4(C(N)=O)CCCN4C(=O)[C@@H](NC(=O)OC)C(C)C)nc3)N2c2ccc(C(C)(C)C)cc2)cn1)C(C)C. The first-order chi connectivity index (χ1) is 30.7. The fraction of sp³-hybridized carbons (Fsp3) is 0.542. The third-order valence-electron chi connectivity index (χ3n) is 13.5. The molecular formula is C48H65N9O8. The van der Waals surface area contributed by atoms with Gasteiger partial charge in [0.05, 0.1) is 37.7 Å². The van der Waals surface area contributed by atoms with Crippen molar-refractivity contribution in [2.75, 3.05) is 32.2 Å². The van der Waals surface area contributed by atoms with Gasteiger partial charge in [-0.2, -0.15) is 0 Å². The Kier molecular flexibility index (Phi) is 14.1. The highest BCUT2D eigenvalue weighted by Gasteiger charge is 2.54. The van der Waals surface area contributed by atoms with Crippen molar-refractivity contribution in [2.24, 2.45) is 23.3 Å². The molecule has 17 heteroatoms. The molecule has 17 nitrogen and oxygen atoms in total. The van der Waals surface area contributed by atoms with E-state index in [9.17, 15) is 28.8 Å². The van der Waals surface area contributed by atoms with Gasteiger partial charge >= 0.3 is 12.2 Å². The monoisotopic (exact) mass is 895 g/mol. The number of hydrogen-bond acceptors (Lipinski definition) is 11. The van der Waals surface area contributed by atoms with Crippen LogP contribution in [0.4, 0.5) is 15.3 Å². The van der Waals surface area contributed by atoms with E-state index in [-0.39, 0.29) is 55.3 Å². The number of hydrogen-bond donors (Lipinski definition) is 4. The highest BCUT2D eigenvalue weighted by Crippen LogP contribution is 2.48. The van der Waals surface area contributed by atoms with Crippen LogP contribution in [0.15, 0.2) is 60.9 Å². The van der Waals surface area contributed by atoms with E-state index in [4.69, 9.17) is 30.9 Å². The Balaban J connectivity index is 1.35. The molecule has 0 bridgehead atoms. The van der Waals surface area contributed by atoms with E-state index in [1.807, 2.05) is 12.1 Å². The van der Waals surface area contributed by atoms with Crippen molar-refractivity contribution in [3.63, 3.8) is 0 Å². The summed E-state index contributed by atoms with van der Waals surface area (Å²) in [6.07, 6.45) is 5.02. The van der Waals surface area contributed by atoms with Gasteiger partial charge in [-0.05, 0) is 96.7 Å². The molecular weight excluding hydrogens is 831 g/mol. The van der Waals surface area contributed by atoms with Gasteiger partial charge < -0.3 is 46.3 Å². The molecule has 3 aliphatic heterocycles. The van der Waals surface area contributed by atoms with Crippen LogP contribution in [-0.4, -0.2) is 95.0 Å². The summed E-state index contributed by atoms with van der Waals surface area (Å²) < 4.78 is 9.57. The van der Waals surface area contributed by atoms with Gasteiger partial charge in [0, 0.05) is 31.2 Å². The first-order valence-electron chi connectivity index (χ1n) is 22.5. The van der Waals surface area contributed by atoms with Gasteiger partial charge in [-0.15, -0.1) is 0 Å². The Bertz CT molecular complexity index is 2120. The predicted molar refractivity (Wildman–Crippen MR) is 243 cm³/mol. The molecule has 1 aromatic carbocycles. The van der Waals surface area contributed by atoms with Gasteiger partial charge in [-0.3, -0.25) is 29.1 Å². The van der Waals surface area contributed by atoms with Crippen LogP contribution in [0, 0.1) is 11.8 Å². The lowest BCUT2D eigenvalue weighted by atomic mass is 9.87. The number of primary amides is 2. The first kappa shape index (κ1) is 48.2. The first-order valence-corrected chi connectivity index (χ1v) is 22.5. The molecule has 2 aromatic heterocycles. The number of nitrogens with two attached hydrogens (primary N) is 2. The molecule has 350 valence electrons. The predicted octanol–water partition coefficient (Wildman–Crippen LogP) is 5.22. The largest absolute Gasteiger partial charge is 0.453 e. The topological polar surface area (TPSA) is 232 Å². The van der Waals surface area contributed by atoms with Crippen molar-refractivity contribution in [3.8, 4) is 0 Å². The number of likely N-dealkylation sites (tertiary alicyclic amines) is 2. The Morgan fingerprint density at radius 2 is 1.06 bits per heavy atom. The summed E-state index contributed by atoms with van der Waals surface area (Å²) in [6, 6.07) is 13.7. The number of methoxy groups -OCH3 is 2. The maximum atomic E-state index is 14.1. The van der Waals surface area contributed by atoms with Gasteiger partial charge in [0.15, 0.2) is 11.1 Å². The van der Waals surface area contributed by atoms with Crippen molar-refractivity contribution in [3.05, 3.63) is 89.0 Å². The summed E-state index contributed by atoms with van der Waals surface area (Å²) in [5, 5.41) is 5.25. The van der Waals surface area contributed by atoms with E-state index in [0.29, 0.717) is 24.2 Å². The minimum Gasteiger partial charge on any atom is -0.453 e. The third-order valence-corrected chi connectivity index (χ3v) is 13.5. The summed E-state index contributed by atoms with van der Waals surface area (Å²) in [5.74, 6) is -2.91. The van der Waals surface area contributed by atoms with E-state index in [0.717, 1.165) is 29.7 Å². The Hall–Kier alpha value is -6.26. The molecule has 0 aliphatic carbocycles. The maximum Gasteiger partial charge on any atom is 0.407 e. The molecule has 3 fully saturated rings. The number of carbonyl (C=O) groups is 6. The van der Waals surface area contributed by atoms with E-state index in [1.165, 1.54) is 29.6 Å². The number of nitrogens with zero attached hydrogens (tertiary/aromatic N) is 5. The second-order valence-corrected chi connectivity index (χ2v) is 19.1. The van der Waals surface area contributed by atoms with Crippen LogP contribution in [0.25, 0.3) is 0 Å². The van der Waals surface area contributed by atoms with Crippen molar-refractivity contribution >= 4 is 41.5 Å². The molecule has 0 spiro atoms. The Morgan fingerprint density at radius 3 is 1.37 bits per heavy atom. The van der Waals surface area contributed by atoms with E-state index >= 15 is 0 Å². The molecule has 6 rings (SSSR count). The smallest absolute Gasteiger partial charge is 0.407 e. The van der Waals surface area contributed by atoms with Crippen LogP contribution in [0.2, 0.25) is 0 Å². The zero-order chi connectivity index (χ0) is 47.6. The number of ether oxygens (including phenoxy) is 2. The highest BCUT2D eigenvalue weighted by atomic mass is 16.5. The second-order valence-electron chi connectivity index (χ2n) is 19.1. The molecule has 0 radical (unpaired) electrons. The van der Waals surface area contributed by atoms with Crippen molar-refractivity contribution in [1.82, 2.24) is 30.4 Å². The number of alkyl carbamates (subject to hydrolysis) is 2. The molecule has 3 aromatic rings. The zero-order valence-corrected chi connectivity index (χ0v) is 39.1. The van der Waals surface area contributed by atoms with E-state index < -0.39 is 59.0 Å². The fourth-order valence-corrected chi connectivity index (χ4v) is 9.92. The number of nitrogens with one attached hydrogen (secondary N) is 2. The molecule has 0 saturated carbocycles. The average molecular weight is 896 g/mol. The van der Waals surface area contributed by atoms with Crippen LogP contribution in [-0.2, 0) is 45.1 Å². The van der Waals surface area contributed by atoms with Crippen LogP contribution in [0.1, 0.15) is 127 Å². The van der Waals surface area contributed by atoms with Gasteiger partial charge in [0.2, 0.25) is 23.6 Å². The summed E-state index contributed by atoms with van der Waals surface area (Å²) in [4.78, 5) is 94.7. The number of amides is 6. The maximum absolute atomic E-state index is 14.1. The van der Waals surface area contributed by atoms with Crippen LogP contribution < -0.4 is 27.0 Å². The highest BCUT2D eigenvalue weighted by molar-refractivity contribution is 5.95. The lowest BCUT2D eigenvalue weighted by molar-refractivity contribution is -0.146. The number of carbonyl (C=O) groups excluding carboxylic acids is 6. The quantitative estimate of drug-likeness (QED) is 0.174. The standard InChI is InChI=1S/C48H65N9O8/c1-28(2)38(53-44(62)64-8)40(58)55-24-10-22-47(55,42(49)60)36-20-12-30(26-51-36)34-18-19-35(57(34)33-16-14-32(15-17-33)46(5,6)7)31-13-21-37(52-27-31)48(43(50)61)23-11-25-56(48)41(59)39(29(3)4)54-45(63)65-9/h12-17,20-21,26-29,34-35,38-39H,10-11,18-19,22-25H2,1-9H3,(H2,49,60)(H2,50,61)(H,53,62)(H,54,63)/t34-,35-,38+,39+,47+,48+/m1/s1. The number of rotatable bonds is 13. The summed E-state index contributed by atoms with van der Waals surface area (Å²) in [5.41, 5.74) is 13.8. The molecule has 6 N–H and O–H groups in total. The summed E-state index contributed by atoms with van der Waals surface area (Å²) in [7, 11) is 2.45. The number of benzene rings is 1. The van der Waals surface area contributed by atoms with Crippen LogP contribution in [0.5, 0.6) is 0 Å². The van der Waals surface area contributed by atoms with Gasteiger partial charge in [-0.25, -0.2) is 9.59 Å². The van der Waals surface area contributed by atoms with Crippen molar-refractivity contribution < 1.29 is 38.2 Å². The Labute approximate surface area is 381 Å². The van der Waals surface area contributed by atoms with Crippen LogP contribution >= 0.6 is 0 Å². The lowest BCUT2D eigenvalue weighted by Gasteiger charge is -2.38. The lowest BCUT2D eigenvalue weighted by Crippen LogP contribution is -2.59. The van der Waals surface area contributed by atoms with Gasteiger partial charge in [-0.1, -0.05) is 72.7 Å². The molecule has 6 atom stereocenters. The number of pyridine rings is 2. The normalized spacial score (nSPS) is 23.0. The number of anilines is 1. The van der Waals surface area contributed by atoms with Crippen molar-refractivity contribution in [2.45, 2.75) is 128 Å². The molecule has 5 heterocycles. The Morgan fingerprint density at radius 1 is 0.662 bits per heavy atom.